The van der Waals surface area contributed by atoms with Gasteiger partial charge in [0, 0.05) is 12.1 Å². The summed E-state index contributed by atoms with van der Waals surface area (Å²) in [6, 6.07) is 6.91. The molecular formula is C17H14FNO5. The molecule has 0 unspecified atom stereocenters. The van der Waals surface area contributed by atoms with E-state index in [-0.39, 0.29) is 29.7 Å². The van der Waals surface area contributed by atoms with Crippen molar-refractivity contribution >= 4 is 5.97 Å². The molecule has 6 nitrogen and oxygen atoms in total. The molecule has 0 radical (unpaired) electrons. The second-order valence-electron chi connectivity index (χ2n) is 4.38. The number of carbonyl (C=O) groups excluding carboxylic acids is 1. The first-order valence-corrected chi connectivity index (χ1v) is 6.76. The molecule has 0 N–H and O–H groups in total. The minimum Gasteiger partial charge on any atom is -0.496 e. The number of rotatable bonds is 6. The lowest BCUT2D eigenvalue weighted by atomic mass is 10.2. The molecule has 2 rings (SSSR count). The number of nitrogens with zero attached hydrogens (tertiary/aromatic N) is 1. The molecule has 1 aromatic carbocycles. The van der Waals surface area contributed by atoms with Gasteiger partial charge in [0.15, 0.2) is 6.61 Å². The van der Waals surface area contributed by atoms with Crippen molar-refractivity contribution in [3.8, 4) is 35.6 Å². The summed E-state index contributed by atoms with van der Waals surface area (Å²) in [4.78, 5) is 16.0. The van der Waals surface area contributed by atoms with E-state index >= 15 is 0 Å². The Balaban J connectivity index is 2.38. The average Bonchev–Trinajstić information content (AvgIpc) is 2.59. The van der Waals surface area contributed by atoms with Crippen molar-refractivity contribution in [2.24, 2.45) is 0 Å². The lowest BCUT2D eigenvalue weighted by molar-refractivity contribution is 0.0548. The van der Waals surface area contributed by atoms with Crippen LogP contribution in [0.2, 0.25) is 0 Å². The van der Waals surface area contributed by atoms with Gasteiger partial charge in [-0.3, -0.25) is 0 Å². The maximum Gasteiger partial charge on any atom is 0.345 e. The summed E-state index contributed by atoms with van der Waals surface area (Å²) in [5.41, 5.74) is -0.378. The summed E-state index contributed by atoms with van der Waals surface area (Å²) < 4.78 is 34.4. The zero-order valence-electron chi connectivity index (χ0n) is 13.0. The van der Waals surface area contributed by atoms with Crippen LogP contribution in [0.1, 0.15) is 10.4 Å². The number of halogens is 1. The molecule has 0 atom stereocenters. The number of terminal acetylenes is 1. The van der Waals surface area contributed by atoms with E-state index in [0.717, 1.165) is 6.07 Å². The fourth-order valence-electron chi connectivity index (χ4n) is 1.81. The Morgan fingerprint density at radius 1 is 1.25 bits per heavy atom. The Kier molecular flexibility index (Phi) is 5.58. The molecule has 1 heterocycles. The summed E-state index contributed by atoms with van der Waals surface area (Å²) >= 11 is 0. The van der Waals surface area contributed by atoms with Crippen LogP contribution in [-0.2, 0) is 4.74 Å². The molecule has 0 aliphatic carbocycles. The van der Waals surface area contributed by atoms with Crippen molar-refractivity contribution in [3.05, 3.63) is 41.7 Å². The van der Waals surface area contributed by atoms with Crippen LogP contribution in [0.5, 0.6) is 23.3 Å². The first-order valence-electron chi connectivity index (χ1n) is 6.76. The van der Waals surface area contributed by atoms with Crippen molar-refractivity contribution in [2.45, 2.75) is 0 Å². The quantitative estimate of drug-likeness (QED) is 0.599. The maximum atomic E-state index is 14.0. The molecule has 0 aliphatic heterocycles. The fraction of sp³-hybridized carbons (Fsp3) is 0.176. The van der Waals surface area contributed by atoms with Crippen LogP contribution in [0, 0.1) is 18.2 Å². The number of carbonyl (C=O) groups is 1. The smallest absolute Gasteiger partial charge is 0.345 e. The van der Waals surface area contributed by atoms with Gasteiger partial charge in [-0.05, 0) is 12.1 Å². The zero-order valence-corrected chi connectivity index (χ0v) is 13.0. The number of methoxy groups -OCH3 is 2. The Hall–Kier alpha value is -3.27. The number of hydrogen-bond donors (Lipinski definition) is 0. The highest BCUT2D eigenvalue weighted by Crippen LogP contribution is 2.30. The van der Waals surface area contributed by atoms with E-state index in [1.807, 2.05) is 0 Å². The second-order valence-corrected chi connectivity index (χ2v) is 4.38. The SMILES string of the molecule is C#CCOC(=O)c1c(F)cccc1Oc1cc(OC)cc(OC)n1. The Morgan fingerprint density at radius 3 is 2.67 bits per heavy atom. The van der Waals surface area contributed by atoms with Crippen molar-refractivity contribution in [3.63, 3.8) is 0 Å². The second kappa shape index (κ2) is 7.83. The van der Waals surface area contributed by atoms with Gasteiger partial charge in [-0.25, -0.2) is 9.18 Å². The van der Waals surface area contributed by atoms with Gasteiger partial charge >= 0.3 is 5.97 Å². The number of benzene rings is 1. The van der Waals surface area contributed by atoms with Gasteiger partial charge in [0.1, 0.15) is 22.9 Å². The molecular weight excluding hydrogens is 317 g/mol. The van der Waals surface area contributed by atoms with E-state index in [2.05, 4.69) is 10.9 Å². The van der Waals surface area contributed by atoms with Crippen LogP contribution in [0.3, 0.4) is 0 Å². The number of ether oxygens (including phenoxy) is 4. The van der Waals surface area contributed by atoms with Crippen LogP contribution in [-0.4, -0.2) is 31.8 Å². The standard InChI is InChI=1S/C17H14FNO5/c1-4-8-23-17(20)16-12(18)6-5-7-13(16)24-15-10-11(21-2)9-14(19-15)22-3/h1,5-7,9-10H,8H2,2-3H3. The van der Waals surface area contributed by atoms with E-state index in [0.29, 0.717) is 5.75 Å². The molecule has 0 saturated carbocycles. The van der Waals surface area contributed by atoms with Crippen LogP contribution in [0.15, 0.2) is 30.3 Å². The molecule has 2 aromatic rings. The average molecular weight is 331 g/mol. The molecule has 0 bridgehead atoms. The topological polar surface area (TPSA) is 66.9 Å². The van der Waals surface area contributed by atoms with E-state index in [1.54, 1.807) is 6.07 Å². The van der Waals surface area contributed by atoms with E-state index in [1.165, 1.54) is 32.4 Å². The van der Waals surface area contributed by atoms with Gasteiger partial charge in [0.2, 0.25) is 11.8 Å². The summed E-state index contributed by atoms with van der Waals surface area (Å²) in [7, 11) is 2.89. The Bertz CT molecular complexity index is 763. The first-order chi connectivity index (χ1) is 11.6. The lowest BCUT2D eigenvalue weighted by Gasteiger charge is -2.12. The minimum absolute atomic E-state index is 0.0581. The fourth-order valence-corrected chi connectivity index (χ4v) is 1.81. The van der Waals surface area contributed by atoms with E-state index in [9.17, 15) is 9.18 Å². The highest BCUT2D eigenvalue weighted by molar-refractivity contribution is 5.93. The summed E-state index contributed by atoms with van der Waals surface area (Å²) in [6.45, 7) is -0.280. The number of pyridine rings is 1. The van der Waals surface area contributed by atoms with Crippen molar-refractivity contribution < 1.29 is 28.1 Å². The van der Waals surface area contributed by atoms with E-state index in [4.69, 9.17) is 25.4 Å². The Labute approximate surface area is 138 Å². The molecule has 0 amide bonds. The molecule has 0 fully saturated rings. The van der Waals surface area contributed by atoms with Gasteiger partial charge in [-0.15, -0.1) is 6.42 Å². The van der Waals surface area contributed by atoms with Crippen LogP contribution >= 0.6 is 0 Å². The highest BCUT2D eigenvalue weighted by atomic mass is 19.1. The van der Waals surface area contributed by atoms with Gasteiger partial charge < -0.3 is 18.9 Å². The zero-order chi connectivity index (χ0) is 17.5. The Morgan fingerprint density at radius 2 is 2.00 bits per heavy atom. The summed E-state index contributed by atoms with van der Waals surface area (Å²) in [5.74, 6) is 1.04. The van der Waals surface area contributed by atoms with Gasteiger partial charge in [-0.1, -0.05) is 12.0 Å². The van der Waals surface area contributed by atoms with Gasteiger partial charge in [0.05, 0.1) is 14.2 Å². The van der Waals surface area contributed by atoms with Crippen molar-refractivity contribution in [1.29, 1.82) is 0 Å². The lowest BCUT2D eigenvalue weighted by Crippen LogP contribution is -2.10. The molecule has 124 valence electrons. The third-order valence-electron chi connectivity index (χ3n) is 2.88. The third-order valence-corrected chi connectivity index (χ3v) is 2.88. The predicted molar refractivity (Wildman–Crippen MR) is 82.9 cm³/mol. The monoisotopic (exact) mass is 331 g/mol. The summed E-state index contributed by atoms with van der Waals surface area (Å²) in [5, 5.41) is 0. The maximum absolute atomic E-state index is 14.0. The summed E-state index contributed by atoms with van der Waals surface area (Å²) in [6.07, 6.45) is 5.03. The molecule has 1 aromatic heterocycles. The minimum atomic E-state index is -0.934. The van der Waals surface area contributed by atoms with E-state index < -0.39 is 11.8 Å². The van der Waals surface area contributed by atoms with Crippen LogP contribution < -0.4 is 14.2 Å². The predicted octanol–water partition coefficient (Wildman–Crippen LogP) is 2.82. The molecule has 0 spiro atoms. The molecule has 0 saturated heterocycles. The van der Waals surface area contributed by atoms with Crippen LogP contribution in [0.25, 0.3) is 0 Å². The highest BCUT2D eigenvalue weighted by Gasteiger charge is 2.20. The van der Waals surface area contributed by atoms with Crippen molar-refractivity contribution in [1.82, 2.24) is 4.98 Å². The normalized spacial score (nSPS) is 9.75. The van der Waals surface area contributed by atoms with Gasteiger partial charge in [0.25, 0.3) is 0 Å². The van der Waals surface area contributed by atoms with Gasteiger partial charge in [-0.2, -0.15) is 4.98 Å². The largest absolute Gasteiger partial charge is 0.496 e. The van der Waals surface area contributed by atoms with Crippen LogP contribution in [0.4, 0.5) is 4.39 Å². The molecule has 7 heteroatoms. The first kappa shape index (κ1) is 17.1. The molecule has 0 aliphatic rings. The number of aromatic nitrogens is 1. The number of hydrogen-bond acceptors (Lipinski definition) is 6. The molecule has 24 heavy (non-hydrogen) atoms. The number of esters is 1. The third kappa shape index (κ3) is 3.93. The van der Waals surface area contributed by atoms with Crippen molar-refractivity contribution in [2.75, 3.05) is 20.8 Å².